The fraction of sp³-hybridized carbons (Fsp3) is 0.500. The zero-order valence-corrected chi connectivity index (χ0v) is 8.89. The highest BCUT2D eigenvalue weighted by Gasteiger charge is 2.09. The second-order valence-electron chi connectivity index (χ2n) is 3.94. The van der Waals surface area contributed by atoms with E-state index in [1.807, 2.05) is 0 Å². The summed E-state index contributed by atoms with van der Waals surface area (Å²) >= 11 is 0. The van der Waals surface area contributed by atoms with Gasteiger partial charge < -0.3 is 10.1 Å². The number of hydrogen-bond acceptors (Lipinski definition) is 2. The van der Waals surface area contributed by atoms with Gasteiger partial charge in [0, 0.05) is 6.54 Å². The molecule has 0 spiro atoms. The molecule has 14 heavy (non-hydrogen) atoms. The molecule has 0 fully saturated rings. The molecule has 2 nitrogen and oxygen atoms in total. The Hall–Kier alpha value is -1.18. The van der Waals surface area contributed by atoms with Crippen molar-refractivity contribution in [2.24, 2.45) is 0 Å². The van der Waals surface area contributed by atoms with Gasteiger partial charge in [0.1, 0.15) is 5.75 Å². The fourth-order valence-electron chi connectivity index (χ4n) is 1.89. The quantitative estimate of drug-likeness (QED) is 0.680. The van der Waals surface area contributed by atoms with E-state index < -0.39 is 0 Å². The van der Waals surface area contributed by atoms with Crippen LogP contribution in [0.4, 0.5) is 5.69 Å². The van der Waals surface area contributed by atoms with Crippen molar-refractivity contribution < 1.29 is 4.74 Å². The Balaban J connectivity index is 2.39. The van der Waals surface area contributed by atoms with Gasteiger partial charge in [0.2, 0.25) is 0 Å². The molecule has 0 aliphatic carbocycles. The van der Waals surface area contributed by atoms with Gasteiger partial charge in [0.05, 0.1) is 12.3 Å². The van der Waals surface area contributed by atoms with E-state index in [0.29, 0.717) is 0 Å². The third-order valence-corrected chi connectivity index (χ3v) is 2.57. The first-order valence-corrected chi connectivity index (χ1v) is 5.25. The van der Waals surface area contributed by atoms with Gasteiger partial charge in [-0.3, -0.25) is 0 Å². The van der Waals surface area contributed by atoms with E-state index in [0.717, 1.165) is 25.3 Å². The minimum absolute atomic E-state index is 0.845. The summed E-state index contributed by atoms with van der Waals surface area (Å²) in [4.78, 5) is 0. The molecule has 0 saturated carbocycles. The third kappa shape index (κ3) is 1.84. The number of anilines is 1. The van der Waals surface area contributed by atoms with Gasteiger partial charge in [-0.2, -0.15) is 0 Å². The molecule has 0 aromatic heterocycles. The van der Waals surface area contributed by atoms with Gasteiger partial charge in [-0.05, 0) is 43.9 Å². The summed E-state index contributed by atoms with van der Waals surface area (Å²) in [6, 6.07) is 4.30. The monoisotopic (exact) mass is 191 g/mol. The molecule has 1 aromatic rings. The Morgan fingerprint density at radius 3 is 2.93 bits per heavy atom. The smallest absolute Gasteiger partial charge is 0.142 e. The van der Waals surface area contributed by atoms with Crippen molar-refractivity contribution in [2.75, 3.05) is 18.5 Å². The molecule has 2 rings (SSSR count). The summed E-state index contributed by atoms with van der Waals surface area (Å²) in [5.74, 6) is 1.02. The first-order valence-electron chi connectivity index (χ1n) is 5.25. The first kappa shape index (κ1) is 9.38. The van der Waals surface area contributed by atoms with Crippen LogP contribution in [0.25, 0.3) is 0 Å². The highest BCUT2D eigenvalue weighted by Crippen LogP contribution is 2.31. The van der Waals surface area contributed by atoms with Crippen LogP contribution in [0.15, 0.2) is 12.1 Å². The molecular formula is C12H17NO. The maximum absolute atomic E-state index is 5.73. The summed E-state index contributed by atoms with van der Waals surface area (Å²) in [5.41, 5.74) is 3.72. The zero-order valence-electron chi connectivity index (χ0n) is 8.89. The second kappa shape index (κ2) is 3.91. The lowest BCUT2D eigenvalue weighted by Crippen LogP contribution is -2.11. The van der Waals surface area contributed by atoms with Gasteiger partial charge in [-0.25, -0.2) is 0 Å². The van der Waals surface area contributed by atoms with Crippen molar-refractivity contribution in [3.05, 3.63) is 23.3 Å². The standard InChI is InChI=1S/C12H17NO/c1-9-7-10(2)12-11(8-9)14-6-4-3-5-13-12/h7-8,13H,3-6H2,1-2H3. The van der Waals surface area contributed by atoms with Crippen LogP contribution in [0.1, 0.15) is 24.0 Å². The molecular weight excluding hydrogens is 174 g/mol. The van der Waals surface area contributed by atoms with Crippen molar-refractivity contribution >= 4 is 5.69 Å². The van der Waals surface area contributed by atoms with Gasteiger partial charge >= 0.3 is 0 Å². The molecule has 1 aliphatic rings. The highest BCUT2D eigenvalue weighted by atomic mass is 16.5. The summed E-state index contributed by atoms with van der Waals surface area (Å²) in [6.45, 7) is 6.14. The number of rotatable bonds is 0. The van der Waals surface area contributed by atoms with Crippen LogP contribution in [0, 0.1) is 13.8 Å². The molecule has 1 aromatic carbocycles. The van der Waals surface area contributed by atoms with Crippen LogP contribution in [0.5, 0.6) is 5.75 Å². The predicted molar refractivity (Wildman–Crippen MR) is 59.1 cm³/mol. The van der Waals surface area contributed by atoms with E-state index in [-0.39, 0.29) is 0 Å². The lowest BCUT2D eigenvalue weighted by Gasteiger charge is -2.19. The van der Waals surface area contributed by atoms with Crippen molar-refractivity contribution in [1.82, 2.24) is 0 Å². The highest BCUT2D eigenvalue weighted by molar-refractivity contribution is 5.63. The number of fused-ring (bicyclic) bond motifs is 1. The molecule has 2 heteroatoms. The van der Waals surface area contributed by atoms with Crippen LogP contribution >= 0.6 is 0 Å². The van der Waals surface area contributed by atoms with Crippen LogP contribution in [-0.4, -0.2) is 13.2 Å². The molecule has 1 aliphatic heterocycles. The minimum atomic E-state index is 0.845. The van der Waals surface area contributed by atoms with E-state index in [2.05, 4.69) is 31.3 Å². The number of benzene rings is 1. The van der Waals surface area contributed by atoms with E-state index in [1.165, 1.54) is 23.2 Å². The average Bonchev–Trinajstić information content (AvgIpc) is 2.07. The molecule has 1 heterocycles. The molecule has 1 N–H and O–H groups in total. The molecule has 0 saturated heterocycles. The van der Waals surface area contributed by atoms with E-state index >= 15 is 0 Å². The average molecular weight is 191 g/mol. The summed E-state index contributed by atoms with van der Waals surface area (Å²) in [6.07, 6.45) is 2.33. The van der Waals surface area contributed by atoms with Gasteiger partial charge in [-0.1, -0.05) is 6.07 Å². The predicted octanol–water partition coefficient (Wildman–Crippen LogP) is 2.89. The topological polar surface area (TPSA) is 21.3 Å². The van der Waals surface area contributed by atoms with Crippen LogP contribution in [0.3, 0.4) is 0 Å². The van der Waals surface area contributed by atoms with Gasteiger partial charge in [-0.15, -0.1) is 0 Å². The van der Waals surface area contributed by atoms with Crippen molar-refractivity contribution in [1.29, 1.82) is 0 Å². The maximum Gasteiger partial charge on any atom is 0.142 e. The molecule has 76 valence electrons. The largest absolute Gasteiger partial charge is 0.491 e. The molecule has 0 radical (unpaired) electrons. The summed E-state index contributed by atoms with van der Waals surface area (Å²) in [7, 11) is 0. The summed E-state index contributed by atoms with van der Waals surface area (Å²) in [5, 5.41) is 3.44. The minimum Gasteiger partial charge on any atom is -0.491 e. The molecule has 0 amide bonds. The Kier molecular flexibility index (Phi) is 2.62. The van der Waals surface area contributed by atoms with Crippen molar-refractivity contribution in [3.8, 4) is 5.75 Å². The Labute approximate surface area is 85.3 Å². The normalized spacial score (nSPS) is 15.9. The number of nitrogens with one attached hydrogen (secondary N) is 1. The van der Waals surface area contributed by atoms with E-state index in [4.69, 9.17) is 4.74 Å². The SMILES string of the molecule is Cc1cc(C)c2c(c1)OCCCCN2. The summed E-state index contributed by atoms with van der Waals surface area (Å²) < 4.78 is 5.73. The maximum atomic E-state index is 5.73. The first-order chi connectivity index (χ1) is 6.77. The number of hydrogen-bond donors (Lipinski definition) is 1. The van der Waals surface area contributed by atoms with Gasteiger partial charge in [0.15, 0.2) is 0 Å². The Morgan fingerprint density at radius 2 is 2.07 bits per heavy atom. The van der Waals surface area contributed by atoms with Gasteiger partial charge in [0.25, 0.3) is 0 Å². The Morgan fingerprint density at radius 1 is 1.21 bits per heavy atom. The zero-order chi connectivity index (χ0) is 9.97. The van der Waals surface area contributed by atoms with Crippen LogP contribution < -0.4 is 10.1 Å². The van der Waals surface area contributed by atoms with Crippen LogP contribution in [0.2, 0.25) is 0 Å². The van der Waals surface area contributed by atoms with Crippen LogP contribution in [-0.2, 0) is 0 Å². The molecule has 0 unspecified atom stereocenters. The Bertz CT molecular complexity index is 333. The second-order valence-corrected chi connectivity index (χ2v) is 3.94. The van der Waals surface area contributed by atoms with E-state index in [9.17, 15) is 0 Å². The third-order valence-electron chi connectivity index (χ3n) is 2.57. The van der Waals surface area contributed by atoms with Crippen molar-refractivity contribution in [2.45, 2.75) is 26.7 Å². The lowest BCUT2D eigenvalue weighted by atomic mass is 10.1. The number of aryl methyl sites for hydroxylation is 2. The lowest BCUT2D eigenvalue weighted by molar-refractivity contribution is 0.305. The van der Waals surface area contributed by atoms with Crippen molar-refractivity contribution in [3.63, 3.8) is 0 Å². The fourth-order valence-corrected chi connectivity index (χ4v) is 1.89. The number of ether oxygens (including phenoxy) is 1. The molecule has 0 atom stereocenters. The van der Waals surface area contributed by atoms with E-state index in [1.54, 1.807) is 0 Å². The molecule has 0 bridgehead atoms.